The number of nitrogens with zero attached hydrogens (tertiary/aromatic N) is 2. The van der Waals surface area contributed by atoms with Gasteiger partial charge in [-0.1, -0.05) is 0 Å². The first kappa shape index (κ1) is 82.5. The summed E-state index contributed by atoms with van der Waals surface area (Å²) in [6.07, 6.45) is -5.59. The molecule has 0 unspecified atom stereocenters. The lowest BCUT2D eigenvalue weighted by atomic mass is 10.0. The number of aliphatic imine (C=N–C) groups is 2. The molecule has 0 fully saturated rings. The summed E-state index contributed by atoms with van der Waals surface area (Å²) >= 11 is 1.26. The molecule has 0 saturated heterocycles. The molecule has 0 bridgehead atoms. The highest BCUT2D eigenvalue weighted by molar-refractivity contribution is 7.98. The van der Waals surface area contributed by atoms with Gasteiger partial charge in [-0.15, -0.1) is 0 Å². The summed E-state index contributed by atoms with van der Waals surface area (Å²) in [5, 5.41) is 24.1. The number of esters is 2. The molecule has 6 atom stereocenters. The molecule has 12 amide bonds. The Balaban J connectivity index is 7.46. The first-order chi connectivity index (χ1) is 42.0. The number of amides is 12. The zero-order valence-electron chi connectivity index (χ0n) is 55.0. The minimum atomic E-state index is -1.70. The second kappa shape index (κ2) is 40.3. The topological polar surface area (TPSA) is 491 Å². The molecule has 0 aromatic carbocycles. The van der Waals surface area contributed by atoms with Crippen molar-refractivity contribution in [2.45, 2.75) is 219 Å². The van der Waals surface area contributed by atoms with Crippen LogP contribution in [0.3, 0.4) is 0 Å². The Bertz CT molecular complexity index is 2530. The number of ether oxygens (including phenoxy) is 6. The lowest BCUT2D eigenvalue weighted by Crippen LogP contribution is -2.59. The Kier molecular flexibility index (Phi) is 36.5. The fourth-order valence-corrected chi connectivity index (χ4v) is 7.75. The summed E-state index contributed by atoms with van der Waals surface area (Å²) in [7, 11) is 2.21. The number of nitrogens with two attached hydrogens (primary N) is 2. The number of alkyl carbamates (subject to hydrolysis) is 4. The summed E-state index contributed by atoms with van der Waals surface area (Å²) in [5.41, 5.74) is 7.39. The molecule has 0 rings (SSSR count). The molecule has 0 aromatic rings. The molecule has 91 heavy (non-hydrogen) atoms. The van der Waals surface area contributed by atoms with Crippen LogP contribution in [0.15, 0.2) is 9.98 Å². The summed E-state index contributed by atoms with van der Waals surface area (Å²) < 4.78 is 30.5. The number of guanidine groups is 2. The number of nitrogens with one attached hydrogen (secondary N) is 10. The van der Waals surface area contributed by atoms with E-state index in [2.05, 4.69) is 67.9 Å². The van der Waals surface area contributed by atoms with Crippen molar-refractivity contribution in [1.29, 1.82) is 0 Å². The van der Waals surface area contributed by atoms with Crippen LogP contribution in [0.2, 0.25) is 0 Å². The second-order valence-electron chi connectivity index (χ2n) is 24.2. The van der Waals surface area contributed by atoms with E-state index in [1.807, 2.05) is 0 Å². The zero-order valence-corrected chi connectivity index (χ0v) is 55.8. The predicted octanol–water partition coefficient (Wildman–Crippen LogP) is 0.697. The van der Waals surface area contributed by atoms with Crippen LogP contribution < -0.4 is 64.6 Å². The van der Waals surface area contributed by atoms with Crippen molar-refractivity contribution in [3.8, 4) is 0 Å². The van der Waals surface area contributed by atoms with E-state index in [-0.39, 0.29) is 69.7 Å². The number of carbonyl (C=O) groups is 14. The van der Waals surface area contributed by atoms with Gasteiger partial charge in [-0.3, -0.25) is 79.2 Å². The molecular formula is C56H96N14O20S. The van der Waals surface area contributed by atoms with E-state index in [1.54, 1.807) is 89.3 Å². The van der Waals surface area contributed by atoms with Crippen LogP contribution >= 0.6 is 11.8 Å². The number of carbonyl (C=O) groups excluding carboxylic acids is 14. The molecule has 0 aliphatic rings. The zero-order chi connectivity index (χ0) is 70.0. The molecule has 0 spiro atoms. The third-order valence-corrected chi connectivity index (χ3v) is 11.9. The summed E-state index contributed by atoms with van der Waals surface area (Å²) in [5.74, 6) is -9.83. The molecule has 0 aliphatic heterocycles. The van der Waals surface area contributed by atoms with E-state index in [9.17, 15) is 67.1 Å². The fraction of sp³-hybridized carbons (Fsp3) is 0.714. The molecule has 35 heteroatoms. The van der Waals surface area contributed by atoms with Gasteiger partial charge in [-0.25, -0.2) is 19.2 Å². The van der Waals surface area contributed by atoms with Crippen molar-refractivity contribution in [3.63, 3.8) is 0 Å². The normalized spacial score (nSPS) is 13.3. The van der Waals surface area contributed by atoms with Gasteiger partial charge in [0.05, 0.1) is 14.2 Å². The van der Waals surface area contributed by atoms with Crippen LogP contribution in [0.5, 0.6) is 0 Å². The van der Waals surface area contributed by atoms with Gasteiger partial charge in [0.1, 0.15) is 58.7 Å². The second-order valence-corrected chi connectivity index (χ2v) is 25.2. The van der Waals surface area contributed by atoms with Gasteiger partial charge in [0.2, 0.25) is 59.2 Å². The predicted molar refractivity (Wildman–Crippen MR) is 331 cm³/mol. The Morgan fingerprint density at radius 2 is 0.681 bits per heavy atom. The van der Waals surface area contributed by atoms with E-state index >= 15 is 0 Å². The first-order valence-electron chi connectivity index (χ1n) is 29.0. The van der Waals surface area contributed by atoms with Gasteiger partial charge in [-0.2, -0.15) is 11.8 Å². The van der Waals surface area contributed by atoms with E-state index < -0.39 is 174 Å². The Labute approximate surface area is 534 Å². The Hall–Kier alpha value is -8.53. The summed E-state index contributed by atoms with van der Waals surface area (Å²) in [4.78, 5) is 192. The number of hydrogen-bond donors (Lipinski definition) is 12. The van der Waals surface area contributed by atoms with Crippen LogP contribution in [-0.2, 0) is 76.4 Å². The number of hydrogen-bond acceptors (Lipinski definition) is 23. The fourth-order valence-electron chi connectivity index (χ4n) is 7.28. The molecule has 0 saturated carbocycles. The maximum atomic E-state index is 14.5. The van der Waals surface area contributed by atoms with Crippen LogP contribution in [0.1, 0.15) is 161 Å². The lowest BCUT2D eigenvalue weighted by Gasteiger charge is -2.27. The highest BCUT2D eigenvalue weighted by Gasteiger charge is 2.34. The van der Waals surface area contributed by atoms with E-state index in [0.717, 1.165) is 21.1 Å². The molecule has 0 heterocycles. The molecule has 34 nitrogen and oxygen atoms in total. The van der Waals surface area contributed by atoms with Gasteiger partial charge in [0.15, 0.2) is 0 Å². The highest BCUT2D eigenvalue weighted by atomic mass is 32.2. The van der Waals surface area contributed by atoms with Crippen LogP contribution in [0.4, 0.5) is 19.2 Å². The van der Waals surface area contributed by atoms with Crippen molar-refractivity contribution in [2.75, 3.05) is 39.3 Å². The Morgan fingerprint density at radius 1 is 0.407 bits per heavy atom. The average Bonchev–Trinajstić information content (AvgIpc) is 1.38. The first-order valence-corrected chi connectivity index (χ1v) is 30.4. The third kappa shape index (κ3) is 40.7. The Morgan fingerprint density at radius 3 is 0.956 bits per heavy atom. The maximum absolute atomic E-state index is 14.5. The van der Waals surface area contributed by atoms with E-state index in [0.29, 0.717) is 0 Å². The van der Waals surface area contributed by atoms with Crippen LogP contribution in [-0.4, -0.2) is 193 Å². The van der Waals surface area contributed by atoms with Gasteiger partial charge in [0.25, 0.3) is 0 Å². The molecule has 0 radical (unpaired) electrons. The largest absolute Gasteiger partial charge is 0.469 e. The molecular weight excluding hydrogens is 1220 g/mol. The number of thioether (sulfide) groups is 1. The number of methoxy groups -OCH3 is 2. The number of primary amides is 2. The van der Waals surface area contributed by atoms with Crippen LogP contribution in [0, 0.1) is 0 Å². The van der Waals surface area contributed by atoms with Crippen molar-refractivity contribution in [1.82, 2.24) is 53.2 Å². The van der Waals surface area contributed by atoms with Gasteiger partial charge < -0.3 is 71.8 Å². The van der Waals surface area contributed by atoms with Crippen molar-refractivity contribution in [2.24, 2.45) is 21.5 Å². The SMILES string of the molecule is COC(=O)CC[C@H](NC(C)=O)C(=O)N[C@@H](CCC(=O)OC)C(=O)N[C@@H](CCSC)C(=O)N[C@@H](CCC(N)=O)C(=O)N[C@@H](CCCN=C(NC(=O)OC(C)(C)C)NC(=O)OC(C)(C)C)C(=O)N[C@@H](CCCN=C(NC(=O)OC(C)(C)C)NC(=O)OC(C)(C)C)C(N)=O. The molecule has 0 aliphatic carbocycles. The van der Waals surface area contributed by atoms with E-state index in [1.165, 1.54) is 11.8 Å². The maximum Gasteiger partial charge on any atom is 0.414 e. The average molecular weight is 1320 g/mol. The summed E-state index contributed by atoms with van der Waals surface area (Å²) in [6.45, 7) is 19.7. The van der Waals surface area contributed by atoms with E-state index in [4.69, 9.17) is 35.2 Å². The standard InChI is InChI=1S/C56H96N14O20S/c1-31(71)61-34(22-25-39(73)85-14)43(77)65-36(23-26-40(74)86-15)45(79)66-37(27-30-91-16)46(80)64-35(21-24-38(57)72)44(78)63-33(20-18-29-60-48(69-51(83)89-55(8,9)10)70-52(84)90-56(11,12)13)42(76)62-32(41(58)75)19-17-28-59-47(67-49(81)87-53(2,3)4)68-50(82)88-54(5,6)7/h32-37H,17-30H2,1-16H3,(H2,57,72)(H2,58,75)(H,61,71)(H,62,76)(H,63,78)(H,64,80)(H,65,77)(H,66,79)(H2,59,67,68,81,82)(H2,60,69,70,83,84)/t32-,33-,34-,35-,36-,37-/m0/s1. The third-order valence-electron chi connectivity index (χ3n) is 11.2. The van der Waals surface area contributed by atoms with Gasteiger partial charge in [0, 0.05) is 39.3 Å². The van der Waals surface area contributed by atoms with Crippen LogP contribution in [0.25, 0.3) is 0 Å². The van der Waals surface area contributed by atoms with Gasteiger partial charge in [-0.05, 0) is 146 Å². The lowest BCUT2D eigenvalue weighted by molar-refractivity contribution is -0.142. The van der Waals surface area contributed by atoms with Crippen molar-refractivity contribution in [3.05, 3.63) is 0 Å². The minimum Gasteiger partial charge on any atom is -0.469 e. The number of rotatable bonds is 32. The minimum absolute atomic E-state index is 0.0459. The molecule has 0 aromatic heterocycles. The molecule has 516 valence electrons. The molecule has 14 N–H and O–H groups in total. The van der Waals surface area contributed by atoms with Gasteiger partial charge >= 0.3 is 36.3 Å². The monoisotopic (exact) mass is 1320 g/mol. The quantitative estimate of drug-likeness (QED) is 0.0145. The van der Waals surface area contributed by atoms with Crippen molar-refractivity contribution >= 4 is 107 Å². The van der Waals surface area contributed by atoms with Crippen molar-refractivity contribution < 1.29 is 95.5 Å². The summed E-state index contributed by atoms with van der Waals surface area (Å²) in [6, 6.07) is -9.25. The smallest absolute Gasteiger partial charge is 0.414 e. The highest BCUT2D eigenvalue weighted by Crippen LogP contribution is 2.13.